The maximum atomic E-state index is 12.4. The number of hydrogen-bond donors (Lipinski definition) is 2. The number of hydrogen-bond acceptors (Lipinski definition) is 6. The molecule has 0 aromatic heterocycles. The van der Waals surface area contributed by atoms with E-state index in [9.17, 15) is 9.59 Å². The zero-order chi connectivity index (χ0) is 21.0. The average molecular weight is 421 g/mol. The number of amides is 2. The number of piperazine rings is 1. The van der Waals surface area contributed by atoms with Crippen molar-refractivity contribution in [3.05, 3.63) is 24.3 Å². The van der Waals surface area contributed by atoms with Crippen LogP contribution in [0.25, 0.3) is 0 Å². The molecule has 1 aromatic carbocycles. The van der Waals surface area contributed by atoms with Gasteiger partial charge in [0.25, 0.3) is 0 Å². The molecule has 2 N–H and O–H groups in total. The van der Waals surface area contributed by atoms with E-state index in [1.807, 2.05) is 38.1 Å². The number of thiocarbonyl (C=S) groups is 1. The Balaban J connectivity index is 1.60. The van der Waals surface area contributed by atoms with Gasteiger partial charge in [0.2, 0.25) is 5.91 Å². The third-order valence-electron chi connectivity index (χ3n) is 5.18. The van der Waals surface area contributed by atoms with Gasteiger partial charge in [-0.3, -0.25) is 9.69 Å². The molecule has 3 rings (SSSR count). The first-order valence-corrected chi connectivity index (χ1v) is 10.3. The smallest absolute Gasteiger partial charge is 0.414 e. The molecule has 1 atom stereocenters. The average Bonchev–Trinajstić information content (AvgIpc) is 3.12. The topological polar surface area (TPSA) is 85.4 Å². The van der Waals surface area contributed by atoms with Crippen molar-refractivity contribution in [3.63, 3.8) is 0 Å². The second-order valence-electron chi connectivity index (χ2n) is 7.56. The number of ether oxygens (including phenoxy) is 1. The van der Waals surface area contributed by atoms with Crippen LogP contribution in [0.2, 0.25) is 0 Å². The van der Waals surface area contributed by atoms with E-state index in [4.69, 9.17) is 22.1 Å². The summed E-state index contributed by atoms with van der Waals surface area (Å²) >= 11 is 5.28. The number of nitrogens with one attached hydrogen (secondary N) is 1. The monoisotopic (exact) mass is 420 g/mol. The fourth-order valence-electron chi connectivity index (χ4n) is 3.43. The first kappa shape index (κ1) is 21.3. The molecule has 2 aliphatic heterocycles. The molecule has 0 saturated carbocycles. The molecule has 0 bridgehead atoms. The Kier molecular flexibility index (Phi) is 6.92. The number of nitrogens with zero attached hydrogens (tertiary/aromatic N) is 3. The van der Waals surface area contributed by atoms with Gasteiger partial charge in [-0.2, -0.15) is 0 Å². The van der Waals surface area contributed by atoms with Crippen molar-refractivity contribution >= 4 is 40.6 Å². The number of carbonyl (C=O) groups is 2. The first-order valence-electron chi connectivity index (χ1n) is 9.88. The van der Waals surface area contributed by atoms with E-state index >= 15 is 0 Å². The quantitative estimate of drug-likeness (QED) is 0.670. The van der Waals surface area contributed by atoms with Crippen molar-refractivity contribution in [1.82, 2.24) is 10.2 Å². The molecule has 9 heteroatoms. The molecule has 1 unspecified atom stereocenters. The Hall–Kier alpha value is -2.39. The van der Waals surface area contributed by atoms with Gasteiger partial charge in [-0.05, 0) is 18.2 Å². The van der Waals surface area contributed by atoms with Crippen LogP contribution in [0.4, 0.5) is 16.2 Å². The molecule has 2 saturated heterocycles. The standard InChI is InChI=1S/C20H28N4O4S/c1-14(2)19(29)21-11-17-12-24(20(27)28-17)16-5-3-4-15(10-16)22-6-8-23(9-7-22)18(26)13-25/h3-5,10,14,17,25H,6-9,11-13H2,1-2H3,(H,21,29). The Bertz CT molecular complexity index is 765. The minimum absolute atomic E-state index is 0.241. The summed E-state index contributed by atoms with van der Waals surface area (Å²) in [5.74, 6) is 0.0119. The Morgan fingerprint density at radius 3 is 2.62 bits per heavy atom. The predicted molar refractivity (Wildman–Crippen MR) is 115 cm³/mol. The number of carbonyl (C=O) groups excluding carboxylic acids is 2. The normalized spacial score (nSPS) is 19.5. The molecule has 1 aromatic rings. The highest BCUT2D eigenvalue weighted by atomic mass is 32.1. The van der Waals surface area contributed by atoms with E-state index in [1.165, 1.54) is 0 Å². The SMILES string of the molecule is CC(C)C(=S)NCC1CN(c2cccc(N3CCN(C(=O)CO)CC3)c2)C(=O)O1. The van der Waals surface area contributed by atoms with Crippen LogP contribution in [0.1, 0.15) is 13.8 Å². The molecular formula is C20H28N4O4S. The zero-order valence-corrected chi connectivity index (χ0v) is 17.7. The van der Waals surface area contributed by atoms with Crippen LogP contribution in [0.3, 0.4) is 0 Å². The first-order chi connectivity index (χ1) is 13.9. The second-order valence-corrected chi connectivity index (χ2v) is 8.00. The molecule has 2 amide bonds. The van der Waals surface area contributed by atoms with Crippen LogP contribution in [0, 0.1) is 5.92 Å². The highest BCUT2D eigenvalue weighted by Gasteiger charge is 2.32. The van der Waals surface area contributed by atoms with Gasteiger partial charge in [-0.15, -0.1) is 0 Å². The maximum Gasteiger partial charge on any atom is 0.414 e. The van der Waals surface area contributed by atoms with Crippen molar-refractivity contribution in [1.29, 1.82) is 0 Å². The Labute approximate surface area is 176 Å². The molecule has 2 heterocycles. The largest absolute Gasteiger partial charge is 0.442 e. The van der Waals surface area contributed by atoms with Gasteiger partial charge in [-0.25, -0.2) is 4.79 Å². The molecule has 8 nitrogen and oxygen atoms in total. The third-order valence-corrected chi connectivity index (χ3v) is 5.79. The summed E-state index contributed by atoms with van der Waals surface area (Å²) in [6.45, 7) is 7.05. The summed E-state index contributed by atoms with van der Waals surface area (Å²) in [7, 11) is 0. The predicted octanol–water partition coefficient (Wildman–Crippen LogP) is 1.23. The van der Waals surface area contributed by atoms with Crippen LogP contribution in [-0.2, 0) is 9.53 Å². The van der Waals surface area contributed by atoms with Crippen LogP contribution >= 0.6 is 12.2 Å². The Morgan fingerprint density at radius 2 is 1.97 bits per heavy atom. The van der Waals surface area contributed by atoms with Gasteiger partial charge in [0, 0.05) is 43.5 Å². The lowest BCUT2D eigenvalue weighted by Gasteiger charge is -2.36. The molecule has 0 aliphatic carbocycles. The fourth-order valence-corrected chi connectivity index (χ4v) is 3.51. The number of benzene rings is 1. The summed E-state index contributed by atoms with van der Waals surface area (Å²) in [6, 6.07) is 7.78. The van der Waals surface area contributed by atoms with Crippen LogP contribution < -0.4 is 15.1 Å². The molecular weight excluding hydrogens is 392 g/mol. The molecule has 158 valence electrons. The lowest BCUT2D eigenvalue weighted by molar-refractivity contribution is -0.134. The van der Waals surface area contributed by atoms with Crippen molar-refractivity contribution in [2.75, 3.05) is 55.7 Å². The summed E-state index contributed by atoms with van der Waals surface area (Å²) in [6.07, 6.45) is -0.612. The molecule has 2 fully saturated rings. The highest BCUT2D eigenvalue weighted by molar-refractivity contribution is 7.80. The summed E-state index contributed by atoms with van der Waals surface area (Å²) in [5.41, 5.74) is 1.78. The van der Waals surface area contributed by atoms with E-state index in [1.54, 1.807) is 9.80 Å². The van der Waals surface area contributed by atoms with Crippen LogP contribution in [-0.4, -0.2) is 79.0 Å². The minimum atomic E-state index is -0.454. The molecule has 0 spiro atoms. The van der Waals surface area contributed by atoms with E-state index in [2.05, 4.69) is 10.2 Å². The molecule has 2 aliphatic rings. The number of aliphatic hydroxyl groups is 1. The van der Waals surface area contributed by atoms with Crippen LogP contribution in [0.15, 0.2) is 24.3 Å². The van der Waals surface area contributed by atoms with E-state index in [0.717, 1.165) is 16.4 Å². The van der Waals surface area contributed by atoms with E-state index in [-0.39, 0.29) is 24.0 Å². The van der Waals surface area contributed by atoms with Gasteiger partial charge >= 0.3 is 6.09 Å². The molecule has 29 heavy (non-hydrogen) atoms. The number of aliphatic hydroxyl groups excluding tert-OH is 1. The van der Waals surface area contributed by atoms with Crippen molar-refractivity contribution in [2.45, 2.75) is 20.0 Å². The second kappa shape index (κ2) is 9.41. The van der Waals surface area contributed by atoms with Crippen LogP contribution in [0.5, 0.6) is 0 Å². The zero-order valence-electron chi connectivity index (χ0n) is 16.8. The maximum absolute atomic E-state index is 12.4. The number of rotatable bonds is 6. The lowest BCUT2D eigenvalue weighted by Crippen LogP contribution is -2.49. The van der Waals surface area contributed by atoms with Crippen molar-refractivity contribution < 1.29 is 19.4 Å². The summed E-state index contributed by atoms with van der Waals surface area (Å²) < 4.78 is 5.48. The molecule has 0 radical (unpaired) electrons. The van der Waals surface area contributed by atoms with Gasteiger partial charge in [0.1, 0.15) is 12.7 Å². The summed E-state index contributed by atoms with van der Waals surface area (Å²) in [5, 5.41) is 12.2. The minimum Gasteiger partial charge on any atom is -0.442 e. The van der Waals surface area contributed by atoms with E-state index < -0.39 is 6.61 Å². The van der Waals surface area contributed by atoms with Gasteiger partial charge < -0.3 is 25.0 Å². The lowest BCUT2D eigenvalue weighted by atomic mass is 10.2. The Morgan fingerprint density at radius 1 is 1.28 bits per heavy atom. The number of cyclic esters (lactones) is 1. The van der Waals surface area contributed by atoms with Crippen molar-refractivity contribution in [2.24, 2.45) is 5.92 Å². The fraction of sp³-hybridized carbons (Fsp3) is 0.550. The van der Waals surface area contributed by atoms with E-state index in [0.29, 0.717) is 39.3 Å². The number of anilines is 2. The highest BCUT2D eigenvalue weighted by Crippen LogP contribution is 2.27. The van der Waals surface area contributed by atoms with Crippen molar-refractivity contribution in [3.8, 4) is 0 Å². The third kappa shape index (κ3) is 5.16. The van der Waals surface area contributed by atoms with Gasteiger partial charge in [0.05, 0.1) is 18.1 Å². The summed E-state index contributed by atoms with van der Waals surface area (Å²) in [4.78, 5) is 30.2. The van der Waals surface area contributed by atoms with Gasteiger partial charge in [-0.1, -0.05) is 32.1 Å². The van der Waals surface area contributed by atoms with Gasteiger partial charge in [0.15, 0.2) is 0 Å².